The number of esters is 1. The highest BCUT2D eigenvalue weighted by Crippen LogP contribution is 2.03. The van der Waals surface area contributed by atoms with Gasteiger partial charge in [-0.1, -0.05) is 6.07 Å². The molecule has 0 bridgehead atoms. The van der Waals surface area contributed by atoms with E-state index in [1.807, 2.05) is 0 Å². The van der Waals surface area contributed by atoms with Crippen molar-refractivity contribution in [3.8, 4) is 0 Å². The predicted molar refractivity (Wildman–Crippen MR) is 64.3 cm³/mol. The van der Waals surface area contributed by atoms with E-state index in [2.05, 4.69) is 15.0 Å². The molecule has 1 unspecified atom stereocenters. The van der Waals surface area contributed by atoms with Crippen molar-refractivity contribution in [3.05, 3.63) is 29.8 Å². The Bertz CT molecular complexity index is 520. The Hall–Kier alpha value is -2.51. The van der Waals surface area contributed by atoms with Gasteiger partial charge in [-0.2, -0.15) is 4.39 Å². The van der Waals surface area contributed by atoms with Crippen LogP contribution < -0.4 is 5.32 Å². The Morgan fingerprint density at radius 2 is 2.15 bits per heavy atom. The number of nitrogens with one attached hydrogen (secondary N) is 1. The monoisotopic (exact) mass is 284 g/mol. The Labute approximate surface area is 113 Å². The molecule has 8 heteroatoms. The van der Waals surface area contributed by atoms with E-state index in [9.17, 15) is 18.8 Å². The van der Waals surface area contributed by atoms with Crippen LogP contribution in [0.2, 0.25) is 0 Å². The quantitative estimate of drug-likeness (QED) is 0.577. The number of rotatable bonds is 6. The highest BCUT2D eigenvalue weighted by molar-refractivity contribution is 5.95. The summed E-state index contributed by atoms with van der Waals surface area (Å²) in [6, 6.07) is 2.30. The molecular weight excluding hydrogens is 271 g/mol. The van der Waals surface area contributed by atoms with Gasteiger partial charge in [0.15, 0.2) is 0 Å². The van der Waals surface area contributed by atoms with Crippen LogP contribution in [0.3, 0.4) is 0 Å². The van der Waals surface area contributed by atoms with Gasteiger partial charge >= 0.3 is 11.9 Å². The van der Waals surface area contributed by atoms with Gasteiger partial charge in [0.2, 0.25) is 5.95 Å². The number of carbonyl (C=O) groups is 3. The van der Waals surface area contributed by atoms with Crippen molar-refractivity contribution < 1.29 is 28.6 Å². The third-order valence-electron chi connectivity index (χ3n) is 2.42. The van der Waals surface area contributed by atoms with Crippen LogP contribution in [0.4, 0.5) is 4.39 Å². The minimum absolute atomic E-state index is 0.136. The van der Waals surface area contributed by atoms with E-state index in [4.69, 9.17) is 5.11 Å². The second kappa shape index (κ2) is 7.17. The van der Waals surface area contributed by atoms with Crippen molar-refractivity contribution in [1.29, 1.82) is 0 Å². The zero-order valence-electron chi connectivity index (χ0n) is 10.6. The van der Waals surface area contributed by atoms with Crippen LogP contribution in [0.25, 0.3) is 0 Å². The second-order valence-electron chi connectivity index (χ2n) is 3.82. The number of hydrogen-bond acceptors (Lipinski definition) is 5. The molecule has 0 radical (unpaired) electrons. The molecule has 0 fully saturated rings. The van der Waals surface area contributed by atoms with Gasteiger partial charge in [-0.05, 0) is 18.6 Å². The van der Waals surface area contributed by atoms with Crippen LogP contribution in [0.15, 0.2) is 18.2 Å². The van der Waals surface area contributed by atoms with E-state index in [1.165, 1.54) is 19.2 Å². The molecule has 7 nitrogen and oxygen atoms in total. The summed E-state index contributed by atoms with van der Waals surface area (Å²) in [5.41, 5.74) is -0.241. The van der Waals surface area contributed by atoms with Crippen LogP contribution in [0.5, 0.6) is 0 Å². The number of amides is 1. The van der Waals surface area contributed by atoms with Gasteiger partial charge in [-0.25, -0.2) is 9.78 Å². The van der Waals surface area contributed by atoms with Crippen molar-refractivity contribution in [2.24, 2.45) is 0 Å². The average molecular weight is 284 g/mol. The largest absolute Gasteiger partial charge is 0.480 e. The lowest BCUT2D eigenvalue weighted by Gasteiger charge is -2.13. The minimum Gasteiger partial charge on any atom is -0.480 e. The maximum absolute atomic E-state index is 12.9. The van der Waals surface area contributed by atoms with Crippen molar-refractivity contribution in [2.45, 2.75) is 18.9 Å². The molecular formula is C12H13FN2O5. The first-order valence-electron chi connectivity index (χ1n) is 5.67. The lowest BCUT2D eigenvalue weighted by molar-refractivity contribution is -0.142. The van der Waals surface area contributed by atoms with E-state index in [0.717, 1.165) is 6.07 Å². The fourth-order valence-electron chi connectivity index (χ4n) is 1.39. The number of carboxylic acid groups (broad SMARTS) is 1. The van der Waals surface area contributed by atoms with Crippen LogP contribution >= 0.6 is 0 Å². The Kier molecular flexibility index (Phi) is 5.57. The van der Waals surface area contributed by atoms with Gasteiger partial charge in [-0.3, -0.25) is 9.59 Å². The first-order valence-corrected chi connectivity index (χ1v) is 5.67. The smallest absolute Gasteiger partial charge is 0.326 e. The van der Waals surface area contributed by atoms with Crippen molar-refractivity contribution in [2.75, 3.05) is 7.11 Å². The zero-order chi connectivity index (χ0) is 15.1. The number of aromatic nitrogens is 1. The van der Waals surface area contributed by atoms with Crippen molar-refractivity contribution in [1.82, 2.24) is 10.3 Å². The molecule has 108 valence electrons. The third-order valence-corrected chi connectivity index (χ3v) is 2.42. The van der Waals surface area contributed by atoms with E-state index in [0.29, 0.717) is 0 Å². The van der Waals surface area contributed by atoms with Gasteiger partial charge < -0.3 is 15.2 Å². The van der Waals surface area contributed by atoms with Crippen LogP contribution in [0, 0.1) is 5.95 Å². The number of halogens is 1. The van der Waals surface area contributed by atoms with E-state index in [1.54, 1.807) is 0 Å². The Morgan fingerprint density at radius 1 is 1.45 bits per heavy atom. The third kappa shape index (κ3) is 4.63. The summed E-state index contributed by atoms with van der Waals surface area (Å²) in [5, 5.41) is 11.1. The Balaban J connectivity index is 2.68. The number of nitrogens with zero attached hydrogens (tertiary/aromatic N) is 1. The van der Waals surface area contributed by atoms with Gasteiger partial charge in [-0.15, -0.1) is 0 Å². The molecule has 1 aromatic rings. The lowest BCUT2D eigenvalue weighted by atomic mass is 10.1. The summed E-state index contributed by atoms with van der Waals surface area (Å²) in [5.74, 6) is -3.58. The van der Waals surface area contributed by atoms with Gasteiger partial charge in [0.05, 0.1) is 7.11 Å². The molecule has 0 aliphatic carbocycles. The van der Waals surface area contributed by atoms with Crippen molar-refractivity contribution in [3.63, 3.8) is 0 Å². The lowest BCUT2D eigenvalue weighted by Crippen LogP contribution is -2.41. The fourth-order valence-corrected chi connectivity index (χ4v) is 1.39. The van der Waals surface area contributed by atoms with Gasteiger partial charge in [0.25, 0.3) is 5.91 Å². The van der Waals surface area contributed by atoms with E-state index in [-0.39, 0.29) is 18.5 Å². The SMILES string of the molecule is COC(=O)CCC(NC(=O)c1cccc(F)n1)C(=O)O. The first-order chi connectivity index (χ1) is 9.43. The summed E-state index contributed by atoms with van der Waals surface area (Å²) >= 11 is 0. The van der Waals surface area contributed by atoms with Gasteiger partial charge in [0, 0.05) is 6.42 Å². The second-order valence-corrected chi connectivity index (χ2v) is 3.82. The molecule has 1 rings (SSSR count). The normalized spacial score (nSPS) is 11.5. The molecule has 0 saturated heterocycles. The molecule has 0 aliphatic rings. The number of hydrogen-bond donors (Lipinski definition) is 2. The summed E-state index contributed by atoms with van der Waals surface area (Å²) in [7, 11) is 1.17. The molecule has 0 saturated carbocycles. The van der Waals surface area contributed by atoms with Gasteiger partial charge in [0.1, 0.15) is 11.7 Å². The molecule has 1 aromatic heterocycles. The highest BCUT2D eigenvalue weighted by atomic mass is 19.1. The van der Waals surface area contributed by atoms with E-state index >= 15 is 0 Å². The average Bonchev–Trinajstić information content (AvgIpc) is 2.42. The molecule has 0 aromatic carbocycles. The number of methoxy groups -OCH3 is 1. The van der Waals surface area contributed by atoms with Crippen LogP contribution in [0.1, 0.15) is 23.3 Å². The molecule has 1 amide bonds. The maximum Gasteiger partial charge on any atom is 0.326 e. The molecule has 2 N–H and O–H groups in total. The van der Waals surface area contributed by atoms with Crippen molar-refractivity contribution >= 4 is 17.8 Å². The molecule has 20 heavy (non-hydrogen) atoms. The topological polar surface area (TPSA) is 106 Å². The number of ether oxygens (including phenoxy) is 1. The number of aliphatic carboxylic acids is 1. The van der Waals surface area contributed by atoms with Crippen LogP contribution in [-0.4, -0.2) is 41.1 Å². The zero-order valence-corrected chi connectivity index (χ0v) is 10.6. The summed E-state index contributed by atoms with van der Waals surface area (Å²) in [6.45, 7) is 0. The predicted octanol–water partition coefficient (Wildman–Crippen LogP) is 0.357. The molecule has 1 heterocycles. The number of carbonyl (C=O) groups excluding carboxylic acids is 2. The summed E-state index contributed by atoms with van der Waals surface area (Å²) in [4.78, 5) is 37.0. The first kappa shape index (κ1) is 15.5. The maximum atomic E-state index is 12.9. The molecule has 0 spiro atoms. The highest BCUT2D eigenvalue weighted by Gasteiger charge is 2.22. The number of pyridine rings is 1. The fraction of sp³-hybridized carbons (Fsp3) is 0.333. The minimum atomic E-state index is -1.31. The standard InChI is InChI=1S/C12H13FN2O5/c1-20-10(16)6-5-8(12(18)19)15-11(17)7-3-2-4-9(13)14-7/h2-4,8H,5-6H2,1H3,(H,15,17)(H,18,19). The summed E-state index contributed by atoms with van der Waals surface area (Å²) < 4.78 is 17.2. The summed E-state index contributed by atoms with van der Waals surface area (Å²) in [6.07, 6.45) is -0.298. The molecule has 0 aliphatic heterocycles. The number of carboxylic acids is 1. The van der Waals surface area contributed by atoms with E-state index < -0.39 is 29.8 Å². The van der Waals surface area contributed by atoms with Crippen LogP contribution in [-0.2, 0) is 14.3 Å². The molecule has 1 atom stereocenters. The Morgan fingerprint density at radius 3 is 2.70 bits per heavy atom.